The molecule has 0 spiro atoms. The number of nitrogens with one attached hydrogen (secondary N) is 1. The first-order valence-corrected chi connectivity index (χ1v) is 9.43. The largest absolute Gasteiger partial charge is 0.416 e. The summed E-state index contributed by atoms with van der Waals surface area (Å²) < 4.78 is 64.7. The number of rotatable bonds is 4. The van der Waals surface area contributed by atoms with E-state index in [1.807, 2.05) is 13.8 Å². The lowest BCUT2D eigenvalue weighted by Crippen LogP contribution is -2.44. The maximum absolute atomic E-state index is 12.8. The lowest BCUT2D eigenvalue weighted by atomic mass is 9.97. The first-order valence-electron chi connectivity index (χ1n) is 7.99. The maximum atomic E-state index is 12.8. The minimum absolute atomic E-state index is 0.000583. The fourth-order valence-electron chi connectivity index (χ4n) is 2.74. The van der Waals surface area contributed by atoms with Crippen LogP contribution in [0.2, 0.25) is 0 Å². The smallest absolute Gasteiger partial charge is 0.354 e. The standard InChI is InChI=1S/C16H21F3N2O3S/c1-11(2)20-15(22)12-6-8-21(9-7-12)25(23,24)14-5-3-4-13(10-14)16(17,18)19/h3-5,10-12H,6-9H2,1-2H3,(H,20,22). The molecule has 0 unspecified atom stereocenters. The van der Waals surface area contributed by atoms with Crippen molar-refractivity contribution in [2.24, 2.45) is 5.92 Å². The van der Waals surface area contributed by atoms with Gasteiger partial charge in [-0.2, -0.15) is 17.5 Å². The van der Waals surface area contributed by atoms with Crippen LogP contribution in [-0.4, -0.2) is 37.8 Å². The molecule has 1 aromatic rings. The van der Waals surface area contributed by atoms with Gasteiger partial charge in [-0.1, -0.05) is 6.07 Å². The van der Waals surface area contributed by atoms with Crippen LogP contribution in [0.4, 0.5) is 13.2 Å². The molecule has 1 N–H and O–H groups in total. The quantitative estimate of drug-likeness (QED) is 0.876. The molecule has 0 aromatic heterocycles. The number of hydrogen-bond donors (Lipinski definition) is 1. The first kappa shape index (κ1) is 19.7. The number of alkyl halides is 3. The Bertz CT molecular complexity index is 724. The van der Waals surface area contributed by atoms with E-state index in [4.69, 9.17) is 0 Å². The SMILES string of the molecule is CC(C)NC(=O)C1CCN(S(=O)(=O)c2cccc(C(F)(F)F)c2)CC1. The molecule has 2 rings (SSSR count). The zero-order valence-electron chi connectivity index (χ0n) is 14.0. The number of carbonyl (C=O) groups excluding carboxylic acids is 1. The van der Waals surface area contributed by atoms with Crippen LogP contribution in [0.5, 0.6) is 0 Å². The van der Waals surface area contributed by atoms with Gasteiger partial charge in [0, 0.05) is 25.0 Å². The number of amides is 1. The highest BCUT2D eigenvalue weighted by Crippen LogP contribution is 2.32. The molecule has 1 aliphatic heterocycles. The average Bonchev–Trinajstić information content (AvgIpc) is 2.53. The Balaban J connectivity index is 2.11. The van der Waals surface area contributed by atoms with Crippen LogP contribution in [0.15, 0.2) is 29.2 Å². The molecular weight excluding hydrogens is 357 g/mol. The molecule has 1 aliphatic rings. The summed E-state index contributed by atoms with van der Waals surface area (Å²) in [5.41, 5.74) is -1.00. The van der Waals surface area contributed by atoms with Gasteiger partial charge >= 0.3 is 6.18 Å². The molecular formula is C16H21F3N2O3S. The van der Waals surface area contributed by atoms with Gasteiger partial charge in [0.25, 0.3) is 0 Å². The van der Waals surface area contributed by atoms with Crippen molar-refractivity contribution < 1.29 is 26.4 Å². The van der Waals surface area contributed by atoms with Gasteiger partial charge in [-0.15, -0.1) is 0 Å². The summed E-state index contributed by atoms with van der Waals surface area (Å²) in [5, 5.41) is 2.79. The number of benzene rings is 1. The number of hydrogen-bond acceptors (Lipinski definition) is 3. The van der Waals surface area contributed by atoms with Gasteiger partial charge in [-0.25, -0.2) is 8.42 Å². The fraction of sp³-hybridized carbons (Fsp3) is 0.562. The summed E-state index contributed by atoms with van der Waals surface area (Å²) in [7, 11) is -4.02. The van der Waals surface area contributed by atoms with Crippen LogP contribution < -0.4 is 5.32 Å². The highest BCUT2D eigenvalue weighted by Gasteiger charge is 2.35. The number of piperidine rings is 1. The highest BCUT2D eigenvalue weighted by molar-refractivity contribution is 7.89. The summed E-state index contributed by atoms with van der Waals surface area (Å²) in [6.45, 7) is 3.89. The van der Waals surface area contributed by atoms with Crippen LogP contribution >= 0.6 is 0 Å². The van der Waals surface area contributed by atoms with Crippen molar-refractivity contribution in [3.63, 3.8) is 0 Å². The van der Waals surface area contributed by atoms with Gasteiger partial charge in [0.15, 0.2) is 0 Å². The molecule has 1 heterocycles. The van der Waals surface area contributed by atoms with E-state index < -0.39 is 21.8 Å². The van der Waals surface area contributed by atoms with E-state index in [-0.39, 0.29) is 35.9 Å². The molecule has 9 heteroatoms. The Morgan fingerprint density at radius 3 is 2.36 bits per heavy atom. The Labute approximate surface area is 145 Å². The van der Waals surface area contributed by atoms with Gasteiger partial charge in [0.2, 0.25) is 15.9 Å². The number of halogens is 3. The minimum Gasteiger partial charge on any atom is -0.354 e. The zero-order chi connectivity index (χ0) is 18.8. The van der Waals surface area contributed by atoms with Crippen LogP contribution in [-0.2, 0) is 21.0 Å². The first-order chi connectivity index (χ1) is 11.5. The Kier molecular flexibility index (Phi) is 5.78. The predicted molar refractivity (Wildman–Crippen MR) is 86.2 cm³/mol. The van der Waals surface area contributed by atoms with Crippen LogP contribution in [0.25, 0.3) is 0 Å². The Morgan fingerprint density at radius 2 is 1.84 bits per heavy atom. The van der Waals surface area contributed by atoms with Crippen molar-refractivity contribution in [2.45, 2.75) is 43.8 Å². The number of carbonyl (C=O) groups is 1. The zero-order valence-corrected chi connectivity index (χ0v) is 14.8. The second-order valence-corrected chi connectivity index (χ2v) is 8.31. The van der Waals surface area contributed by atoms with Gasteiger partial charge < -0.3 is 5.32 Å². The number of sulfonamides is 1. The van der Waals surface area contributed by atoms with Crippen molar-refractivity contribution >= 4 is 15.9 Å². The van der Waals surface area contributed by atoms with E-state index in [2.05, 4.69) is 5.32 Å². The van der Waals surface area contributed by atoms with Crippen molar-refractivity contribution in [3.8, 4) is 0 Å². The minimum atomic E-state index is -4.60. The fourth-order valence-corrected chi connectivity index (χ4v) is 4.26. The number of nitrogens with zero attached hydrogens (tertiary/aromatic N) is 1. The monoisotopic (exact) mass is 378 g/mol. The third kappa shape index (κ3) is 4.72. The molecule has 140 valence electrons. The molecule has 0 bridgehead atoms. The Morgan fingerprint density at radius 1 is 1.24 bits per heavy atom. The van der Waals surface area contributed by atoms with E-state index in [1.54, 1.807) is 0 Å². The van der Waals surface area contributed by atoms with Crippen LogP contribution in [0.1, 0.15) is 32.3 Å². The van der Waals surface area contributed by atoms with E-state index in [0.717, 1.165) is 22.5 Å². The summed E-state index contributed by atoms with van der Waals surface area (Å²) in [4.78, 5) is 11.6. The Hall–Kier alpha value is -1.61. The predicted octanol–water partition coefficient (Wildman–Crippen LogP) is 2.63. The van der Waals surface area contributed by atoms with E-state index in [1.165, 1.54) is 0 Å². The second-order valence-electron chi connectivity index (χ2n) is 6.37. The average molecular weight is 378 g/mol. The summed E-state index contributed by atoms with van der Waals surface area (Å²) in [5.74, 6) is -0.401. The molecule has 25 heavy (non-hydrogen) atoms. The molecule has 0 aliphatic carbocycles. The molecule has 0 atom stereocenters. The lowest BCUT2D eigenvalue weighted by Gasteiger charge is -2.31. The van der Waals surface area contributed by atoms with Crippen molar-refractivity contribution in [3.05, 3.63) is 29.8 Å². The molecule has 1 amide bonds. The second kappa shape index (κ2) is 7.33. The van der Waals surface area contributed by atoms with Gasteiger partial charge in [-0.05, 0) is 44.9 Å². The van der Waals surface area contributed by atoms with Gasteiger partial charge in [0.1, 0.15) is 0 Å². The third-order valence-corrected chi connectivity index (χ3v) is 5.95. The molecule has 5 nitrogen and oxygen atoms in total. The van der Waals surface area contributed by atoms with Crippen LogP contribution in [0.3, 0.4) is 0 Å². The summed E-state index contributed by atoms with van der Waals surface area (Å²) >= 11 is 0. The van der Waals surface area contributed by atoms with E-state index in [9.17, 15) is 26.4 Å². The molecule has 1 saturated heterocycles. The third-order valence-electron chi connectivity index (χ3n) is 4.05. The highest BCUT2D eigenvalue weighted by atomic mass is 32.2. The molecule has 1 aromatic carbocycles. The summed E-state index contributed by atoms with van der Waals surface area (Å²) in [6.07, 6.45) is -3.92. The van der Waals surface area contributed by atoms with Crippen LogP contribution in [0, 0.1) is 5.92 Å². The van der Waals surface area contributed by atoms with E-state index in [0.29, 0.717) is 18.9 Å². The van der Waals surface area contributed by atoms with Gasteiger partial charge in [-0.3, -0.25) is 4.79 Å². The topological polar surface area (TPSA) is 66.5 Å². The van der Waals surface area contributed by atoms with Crippen molar-refractivity contribution in [1.82, 2.24) is 9.62 Å². The van der Waals surface area contributed by atoms with Crippen molar-refractivity contribution in [1.29, 1.82) is 0 Å². The molecule has 0 saturated carbocycles. The van der Waals surface area contributed by atoms with E-state index >= 15 is 0 Å². The van der Waals surface area contributed by atoms with Gasteiger partial charge in [0.05, 0.1) is 10.5 Å². The van der Waals surface area contributed by atoms with Crippen molar-refractivity contribution in [2.75, 3.05) is 13.1 Å². The lowest BCUT2D eigenvalue weighted by molar-refractivity contribution is -0.137. The molecule has 0 radical (unpaired) electrons. The molecule has 1 fully saturated rings. The normalized spacial score (nSPS) is 17.7. The summed E-state index contributed by atoms with van der Waals surface area (Å²) in [6, 6.07) is 3.72. The maximum Gasteiger partial charge on any atom is 0.416 e.